The number of aryl methyl sites for hydroxylation is 1. The van der Waals surface area contributed by atoms with E-state index < -0.39 is 9.84 Å². The number of hydrogen-bond acceptors (Lipinski definition) is 8. The molecule has 0 spiro atoms. The molecule has 0 saturated heterocycles. The summed E-state index contributed by atoms with van der Waals surface area (Å²) in [5.41, 5.74) is 1.43. The summed E-state index contributed by atoms with van der Waals surface area (Å²) in [5, 5.41) is 3.93. The molecule has 4 aromatic rings. The van der Waals surface area contributed by atoms with Gasteiger partial charge in [0.25, 0.3) is 5.56 Å². The molecule has 10 heteroatoms. The standard InChI is InChI=1S/C27H29N5O4S/c1-2-19-16-20-17-29-27(31-25(20)32(26(19)33)21-8-6-7-9-21)30-24-13-12-22(18-28-24)36-14-15-37(34,35)23-10-4-3-5-11-23/h3-5,10-13,16-18,21H,2,6-9,14-15H2,1H3,(H,28,29,30,31). The fourth-order valence-electron chi connectivity index (χ4n) is 4.66. The highest BCUT2D eigenvalue weighted by Crippen LogP contribution is 2.31. The molecule has 0 radical (unpaired) electrons. The van der Waals surface area contributed by atoms with Crippen LogP contribution in [0.2, 0.25) is 0 Å². The van der Waals surface area contributed by atoms with Gasteiger partial charge in [-0.25, -0.2) is 18.4 Å². The first-order chi connectivity index (χ1) is 17.9. The molecule has 1 saturated carbocycles. The summed E-state index contributed by atoms with van der Waals surface area (Å²) in [5.74, 6) is 1.17. The zero-order valence-corrected chi connectivity index (χ0v) is 21.4. The Morgan fingerprint density at radius 2 is 1.84 bits per heavy atom. The molecule has 3 aromatic heterocycles. The van der Waals surface area contributed by atoms with Crippen LogP contribution < -0.4 is 15.6 Å². The molecule has 0 unspecified atom stereocenters. The molecule has 192 valence electrons. The number of anilines is 2. The van der Waals surface area contributed by atoms with E-state index in [1.54, 1.807) is 48.7 Å². The normalized spacial score (nSPS) is 14.2. The minimum absolute atomic E-state index is 0.0118. The summed E-state index contributed by atoms with van der Waals surface area (Å²) in [6.45, 7) is 2.00. The number of pyridine rings is 2. The highest BCUT2D eigenvalue weighted by atomic mass is 32.2. The van der Waals surface area contributed by atoms with E-state index >= 15 is 0 Å². The molecule has 0 amide bonds. The Morgan fingerprint density at radius 3 is 2.54 bits per heavy atom. The van der Waals surface area contributed by atoms with Crippen molar-refractivity contribution in [2.45, 2.75) is 50.0 Å². The van der Waals surface area contributed by atoms with Gasteiger partial charge in [-0.3, -0.25) is 9.36 Å². The lowest BCUT2D eigenvalue weighted by Crippen LogP contribution is -2.27. The van der Waals surface area contributed by atoms with Crippen molar-refractivity contribution in [1.29, 1.82) is 0 Å². The average molecular weight is 520 g/mol. The summed E-state index contributed by atoms with van der Waals surface area (Å²) in [6, 6.07) is 13.8. The van der Waals surface area contributed by atoms with Crippen molar-refractivity contribution in [2.75, 3.05) is 17.7 Å². The van der Waals surface area contributed by atoms with E-state index in [4.69, 9.17) is 4.74 Å². The largest absolute Gasteiger partial charge is 0.491 e. The highest BCUT2D eigenvalue weighted by molar-refractivity contribution is 7.91. The lowest BCUT2D eigenvalue weighted by atomic mass is 10.1. The van der Waals surface area contributed by atoms with Crippen molar-refractivity contribution in [1.82, 2.24) is 19.5 Å². The van der Waals surface area contributed by atoms with Crippen LogP contribution in [0, 0.1) is 0 Å². The average Bonchev–Trinajstić information content (AvgIpc) is 3.44. The number of hydrogen-bond donors (Lipinski definition) is 1. The van der Waals surface area contributed by atoms with Crippen LogP contribution in [0.3, 0.4) is 0 Å². The van der Waals surface area contributed by atoms with Crippen LogP contribution >= 0.6 is 0 Å². The Labute approximate surface area is 215 Å². The molecule has 0 bridgehead atoms. The number of sulfone groups is 1. The second kappa shape index (κ2) is 10.7. The zero-order chi connectivity index (χ0) is 25.8. The van der Waals surface area contributed by atoms with Crippen LogP contribution in [0.25, 0.3) is 11.0 Å². The fraction of sp³-hybridized carbons (Fsp3) is 0.333. The minimum atomic E-state index is -3.41. The topological polar surface area (TPSA) is 116 Å². The maximum absolute atomic E-state index is 13.2. The van der Waals surface area contributed by atoms with Crippen LogP contribution in [0.15, 0.2) is 70.6 Å². The van der Waals surface area contributed by atoms with Crippen molar-refractivity contribution in [3.8, 4) is 5.75 Å². The zero-order valence-electron chi connectivity index (χ0n) is 20.6. The predicted molar refractivity (Wildman–Crippen MR) is 142 cm³/mol. The molecule has 0 aliphatic heterocycles. The smallest absolute Gasteiger partial charge is 0.255 e. The molecule has 1 aromatic carbocycles. The maximum Gasteiger partial charge on any atom is 0.255 e. The van der Waals surface area contributed by atoms with Gasteiger partial charge in [-0.2, -0.15) is 4.98 Å². The molecule has 0 atom stereocenters. The predicted octanol–water partition coefficient (Wildman–Crippen LogP) is 4.46. The second-order valence-corrected chi connectivity index (χ2v) is 11.2. The molecule has 37 heavy (non-hydrogen) atoms. The number of aromatic nitrogens is 4. The van der Waals surface area contributed by atoms with Gasteiger partial charge in [-0.15, -0.1) is 0 Å². The monoisotopic (exact) mass is 519 g/mol. The van der Waals surface area contributed by atoms with E-state index in [2.05, 4.69) is 20.3 Å². The molecular formula is C27H29N5O4S. The van der Waals surface area contributed by atoms with Gasteiger partial charge in [0.1, 0.15) is 23.8 Å². The Balaban J connectivity index is 1.29. The second-order valence-electron chi connectivity index (χ2n) is 9.09. The van der Waals surface area contributed by atoms with Crippen molar-refractivity contribution in [3.63, 3.8) is 0 Å². The van der Waals surface area contributed by atoms with E-state index in [0.29, 0.717) is 29.6 Å². The lowest BCUT2D eigenvalue weighted by molar-refractivity contribution is 0.339. The van der Waals surface area contributed by atoms with Crippen LogP contribution in [-0.2, 0) is 16.3 Å². The SMILES string of the molecule is CCc1cc2cnc(Nc3ccc(OCCS(=O)(=O)c4ccccc4)cn3)nc2n(C2CCCC2)c1=O. The van der Waals surface area contributed by atoms with Gasteiger partial charge in [0.05, 0.1) is 16.8 Å². The summed E-state index contributed by atoms with van der Waals surface area (Å²) in [4.78, 5) is 26.9. The Kier molecular flexibility index (Phi) is 7.18. The minimum Gasteiger partial charge on any atom is -0.491 e. The number of ether oxygens (including phenoxy) is 1. The fourth-order valence-corrected chi connectivity index (χ4v) is 5.77. The van der Waals surface area contributed by atoms with Gasteiger partial charge < -0.3 is 10.1 Å². The van der Waals surface area contributed by atoms with Crippen LogP contribution in [0.5, 0.6) is 5.75 Å². The highest BCUT2D eigenvalue weighted by Gasteiger charge is 2.22. The van der Waals surface area contributed by atoms with E-state index in [0.717, 1.165) is 36.6 Å². The first kappa shape index (κ1) is 24.9. The van der Waals surface area contributed by atoms with E-state index in [1.807, 2.05) is 17.6 Å². The molecular weight excluding hydrogens is 490 g/mol. The number of nitrogens with zero attached hydrogens (tertiary/aromatic N) is 4. The van der Waals surface area contributed by atoms with Crippen LogP contribution in [0.4, 0.5) is 11.8 Å². The molecule has 1 aliphatic rings. The molecule has 1 fully saturated rings. The van der Waals surface area contributed by atoms with Gasteiger partial charge >= 0.3 is 0 Å². The van der Waals surface area contributed by atoms with Gasteiger partial charge in [0, 0.05) is 23.2 Å². The molecule has 5 rings (SSSR count). The third-order valence-corrected chi connectivity index (χ3v) is 8.31. The Hall–Kier alpha value is -3.79. The summed E-state index contributed by atoms with van der Waals surface area (Å²) in [6.07, 6.45) is 8.09. The van der Waals surface area contributed by atoms with Gasteiger partial charge in [0.2, 0.25) is 5.95 Å². The van der Waals surface area contributed by atoms with Crippen molar-refractivity contribution in [2.24, 2.45) is 0 Å². The third-order valence-electron chi connectivity index (χ3n) is 6.62. The lowest BCUT2D eigenvalue weighted by Gasteiger charge is -2.18. The molecule has 1 aliphatic carbocycles. The van der Waals surface area contributed by atoms with E-state index in [-0.39, 0.29) is 28.9 Å². The summed E-state index contributed by atoms with van der Waals surface area (Å²) in [7, 11) is -3.41. The number of fused-ring (bicyclic) bond motifs is 1. The van der Waals surface area contributed by atoms with Gasteiger partial charge in [-0.05, 0) is 49.6 Å². The summed E-state index contributed by atoms with van der Waals surface area (Å²) < 4.78 is 32.2. The van der Waals surface area contributed by atoms with Crippen molar-refractivity contribution in [3.05, 3.63) is 76.8 Å². The Morgan fingerprint density at radius 1 is 1.05 bits per heavy atom. The maximum atomic E-state index is 13.2. The van der Waals surface area contributed by atoms with E-state index in [9.17, 15) is 13.2 Å². The quantitative estimate of drug-likeness (QED) is 0.345. The van der Waals surface area contributed by atoms with Crippen LogP contribution in [-0.4, -0.2) is 40.3 Å². The Bertz CT molecular complexity index is 1550. The molecule has 1 N–H and O–H groups in total. The number of nitrogens with one attached hydrogen (secondary N) is 1. The first-order valence-corrected chi connectivity index (χ1v) is 14.1. The van der Waals surface area contributed by atoms with Gasteiger partial charge in [-0.1, -0.05) is 38.0 Å². The van der Waals surface area contributed by atoms with Crippen LogP contribution in [0.1, 0.15) is 44.2 Å². The number of benzene rings is 1. The molecule has 3 heterocycles. The number of rotatable bonds is 9. The van der Waals surface area contributed by atoms with E-state index in [1.165, 1.54) is 6.20 Å². The summed E-state index contributed by atoms with van der Waals surface area (Å²) >= 11 is 0. The van der Waals surface area contributed by atoms with Gasteiger partial charge in [0.15, 0.2) is 9.84 Å². The van der Waals surface area contributed by atoms with Crippen molar-refractivity contribution < 1.29 is 13.2 Å². The van der Waals surface area contributed by atoms with Crippen molar-refractivity contribution >= 4 is 32.6 Å². The first-order valence-electron chi connectivity index (χ1n) is 12.5. The molecule has 9 nitrogen and oxygen atoms in total. The third kappa shape index (κ3) is 5.48.